The van der Waals surface area contributed by atoms with Crippen molar-refractivity contribution < 1.29 is 18.0 Å². The van der Waals surface area contributed by atoms with Gasteiger partial charge < -0.3 is 0 Å². The van der Waals surface area contributed by atoms with Crippen molar-refractivity contribution in [2.45, 2.75) is 12.6 Å². The molecule has 0 aliphatic rings. The van der Waals surface area contributed by atoms with E-state index in [1.54, 1.807) is 36.4 Å². The maximum atomic E-state index is 13.0. The number of hydrogen-bond donors (Lipinski definition) is 0. The van der Waals surface area contributed by atoms with Crippen molar-refractivity contribution in [1.29, 1.82) is 5.26 Å². The van der Waals surface area contributed by atoms with E-state index < -0.39 is 23.3 Å². The third-order valence-electron chi connectivity index (χ3n) is 2.59. The molecule has 2 nitrogen and oxygen atoms in total. The fourth-order valence-corrected chi connectivity index (χ4v) is 2.72. The molecule has 1 heterocycles. The molecule has 0 spiro atoms. The Morgan fingerprint density at radius 3 is 2.45 bits per heavy atom. The second-order valence-electron chi connectivity index (χ2n) is 3.98. The van der Waals surface area contributed by atoms with Crippen LogP contribution in [0.1, 0.15) is 21.0 Å². The summed E-state index contributed by atoms with van der Waals surface area (Å²) in [5, 5.41) is 8.46. The summed E-state index contributed by atoms with van der Waals surface area (Å²) >= 11 is 0.384. The fraction of sp³-hybridized carbons (Fsp3) is 0.143. The average molecular weight is 295 g/mol. The lowest BCUT2D eigenvalue weighted by atomic mass is 10.1. The molecule has 0 bridgehead atoms. The number of Topliss-reactive ketones (excluding diaryl/α,β-unsaturated/α-hetero) is 1. The highest BCUT2D eigenvalue weighted by Gasteiger charge is 2.37. The molecule has 0 aliphatic carbocycles. The first-order chi connectivity index (χ1) is 9.43. The van der Waals surface area contributed by atoms with Crippen LogP contribution in [0.4, 0.5) is 13.2 Å². The largest absolute Gasteiger partial charge is 0.426 e. The van der Waals surface area contributed by atoms with Crippen LogP contribution < -0.4 is 0 Å². The molecule has 1 aromatic carbocycles. The summed E-state index contributed by atoms with van der Waals surface area (Å²) in [6.45, 7) is 0. The Balaban J connectivity index is 2.56. The van der Waals surface area contributed by atoms with Crippen LogP contribution in [0.3, 0.4) is 0 Å². The minimum Gasteiger partial charge on any atom is -0.292 e. The third-order valence-corrected chi connectivity index (χ3v) is 3.81. The van der Waals surface area contributed by atoms with Crippen LogP contribution in [0.25, 0.3) is 11.1 Å². The van der Waals surface area contributed by atoms with Crippen molar-refractivity contribution in [3.8, 4) is 17.2 Å². The number of carbonyl (C=O) groups is 1. The van der Waals surface area contributed by atoms with Gasteiger partial charge in [0.2, 0.25) is 0 Å². The van der Waals surface area contributed by atoms with Gasteiger partial charge in [-0.3, -0.25) is 4.79 Å². The SMILES string of the molecule is N#CCC(=O)c1cc(-c2ccccc2)c(C(F)(F)F)s1. The molecule has 0 saturated carbocycles. The van der Waals surface area contributed by atoms with Gasteiger partial charge in [0.05, 0.1) is 17.4 Å². The van der Waals surface area contributed by atoms with Gasteiger partial charge in [-0.2, -0.15) is 18.4 Å². The topological polar surface area (TPSA) is 40.9 Å². The van der Waals surface area contributed by atoms with Crippen molar-refractivity contribution in [2.75, 3.05) is 0 Å². The summed E-state index contributed by atoms with van der Waals surface area (Å²) < 4.78 is 39.1. The smallest absolute Gasteiger partial charge is 0.292 e. The van der Waals surface area contributed by atoms with Crippen LogP contribution in [-0.2, 0) is 6.18 Å². The molecule has 0 N–H and O–H groups in total. The van der Waals surface area contributed by atoms with E-state index in [0.717, 1.165) is 0 Å². The lowest BCUT2D eigenvalue weighted by molar-refractivity contribution is -0.133. The van der Waals surface area contributed by atoms with Crippen molar-refractivity contribution in [3.05, 3.63) is 46.2 Å². The lowest BCUT2D eigenvalue weighted by Crippen LogP contribution is -2.03. The van der Waals surface area contributed by atoms with E-state index in [4.69, 9.17) is 5.26 Å². The van der Waals surface area contributed by atoms with Crippen LogP contribution in [0.2, 0.25) is 0 Å². The summed E-state index contributed by atoms with van der Waals surface area (Å²) in [6.07, 6.45) is -4.95. The molecular formula is C14H8F3NOS. The van der Waals surface area contributed by atoms with E-state index in [9.17, 15) is 18.0 Å². The molecule has 6 heteroatoms. The summed E-state index contributed by atoms with van der Waals surface area (Å²) in [6, 6.07) is 10.9. The highest BCUT2D eigenvalue weighted by atomic mass is 32.1. The number of halogens is 3. The molecule has 0 amide bonds. The number of nitrogens with zero attached hydrogens (tertiary/aromatic N) is 1. The Kier molecular flexibility index (Phi) is 3.91. The maximum absolute atomic E-state index is 13.0. The molecule has 102 valence electrons. The van der Waals surface area contributed by atoms with Gasteiger partial charge in [0.15, 0.2) is 5.78 Å². The highest BCUT2D eigenvalue weighted by molar-refractivity contribution is 7.14. The Morgan fingerprint density at radius 1 is 1.25 bits per heavy atom. The first kappa shape index (κ1) is 14.3. The maximum Gasteiger partial charge on any atom is 0.426 e. The summed E-state index contributed by atoms with van der Waals surface area (Å²) in [5.74, 6) is -0.592. The van der Waals surface area contributed by atoms with Crippen LogP contribution in [0.15, 0.2) is 36.4 Å². The predicted molar refractivity (Wildman–Crippen MR) is 69.3 cm³/mol. The molecule has 1 aromatic heterocycles. The molecule has 0 saturated heterocycles. The number of benzene rings is 1. The Labute approximate surface area is 117 Å². The zero-order valence-electron chi connectivity index (χ0n) is 10.1. The zero-order chi connectivity index (χ0) is 14.8. The van der Waals surface area contributed by atoms with Gasteiger partial charge >= 0.3 is 6.18 Å². The van der Waals surface area contributed by atoms with Gasteiger partial charge in [-0.25, -0.2) is 0 Å². The standard InChI is InChI=1S/C14H8F3NOS/c15-14(16,17)13-10(9-4-2-1-3-5-9)8-12(20-13)11(19)6-7-18/h1-5,8H,6H2. The average Bonchev–Trinajstić information content (AvgIpc) is 2.85. The quantitative estimate of drug-likeness (QED) is 0.780. The van der Waals surface area contributed by atoms with E-state index >= 15 is 0 Å². The number of nitriles is 1. The molecule has 20 heavy (non-hydrogen) atoms. The minimum atomic E-state index is -4.53. The molecule has 0 aliphatic heterocycles. The van der Waals surface area contributed by atoms with E-state index in [1.807, 2.05) is 0 Å². The first-order valence-corrected chi connectivity index (χ1v) is 6.41. The number of hydrogen-bond acceptors (Lipinski definition) is 3. The summed E-state index contributed by atoms with van der Waals surface area (Å²) in [4.78, 5) is 10.7. The van der Waals surface area contributed by atoms with E-state index in [1.165, 1.54) is 6.07 Å². The Morgan fingerprint density at radius 2 is 1.90 bits per heavy atom. The van der Waals surface area contributed by atoms with Gasteiger partial charge in [-0.1, -0.05) is 30.3 Å². The number of thiophene rings is 1. The molecule has 0 radical (unpaired) electrons. The van der Waals surface area contributed by atoms with Crippen LogP contribution in [0.5, 0.6) is 0 Å². The van der Waals surface area contributed by atoms with E-state index in [2.05, 4.69) is 0 Å². The number of ketones is 1. The predicted octanol–water partition coefficient (Wildman–Crippen LogP) is 4.53. The normalized spacial score (nSPS) is 11.1. The van der Waals surface area contributed by atoms with Crippen molar-refractivity contribution in [1.82, 2.24) is 0 Å². The Bertz CT molecular complexity index is 668. The Hall–Kier alpha value is -2.13. The third kappa shape index (κ3) is 2.89. The van der Waals surface area contributed by atoms with Crippen molar-refractivity contribution >= 4 is 17.1 Å². The summed E-state index contributed by atoms with van der Waals surface area (Å²) in [5.41, 5.74) is 0.372. The second kappa shape index (κ2) is 5.47. The molecule has 2 aromatic rings. The van der Waals surface area contributed by atoms with Gasteiger partial charge in [-0.05, 0) is 11.6 Å². The van der Waals surface area contributed by atoms with Crippen molar-refractivity contribution in [3.63, 3.8) is 0 Å². The number of alkyl halides is 3. The van der Waals surface area contributed by atoms with Gasteiger partial charge in [-0.15, -0.1) is 11.3 Å². The molecule has 0 atom stereocenters. The summed E-state index contributed by atoms with van der Waals surface area (Å²) in [7, 11) is 0. The molecule has 2 rings (SSSR count). The van der Waals surface area contributed by atoms with Crippen LogP contribution in [0, 0.1) is 11.3 Å². The number of rotatable bonds is 3. The molecule has 0 fully saturated rings. The van der Waals surface area contributed by atoms with Crippen molar-refractivity contribution in [2.24, 2.45) is 0 Å². The minimum absolute atomic E-state index is 0.0237. The van der Waals surface area contributed by atoms with Crippen LogP contribution in [-0.4, -0.2) is 5.78 Å². The molecule has 0 unspecified atom stereocenters. The first-order valence-electron chi connectivity index (χ1n) is 5.60. The van der Waals surface area contributed by atoms with E-state index in [0.29, 0.717) is 16.9 Å². The fourth-order valence-electron chi connectivity index (χ4n) is 1.73. The highest BCUT2D eigenvalue weighted by Crippen LogP contribution is 2.42. The zero-order valence-corrected chi connectivity index (χ0v) is 10.9. The van der Waals surface area contributed by atoms with Gasteiger partial charge in [0.25, 0.3) is 0 Å². The molecular weight excluding hydrogens is 287 g/mol. The van der Waals surface area contributed by atoms with Crippen LogP contribution >= 0.6 is 11.3 Å². The van der Waals surface area contributed by atoms with E-state index in [-0.39, 0.29) is 10.4 Å². The number of carbonyl (C=O) groups excluding carboxylic acids is 1. The van der Waals surface area contributed by atoms with Gasteiger partial charge in [0, 0.05) is 5.56 Å². The monoisotopic (exact) mass is 295 g/mol. The lowest BCUT2D eigenvalue weighted by Gasteiger charge is -2.07. The van der Waals surface area contributed by atoms with Gasteiger partial charge in [0.1, 0.15) is 4.88 Å². The second-order valence-corrected chi connectivity index (χ2v) is 5.03.